The molecule has 1 saturated carbocycles. The predicted molar refractivity (Wildman–Crippen MR) is 143 cm³/mol. The van der Waals surface area contributed by atoms with Crippen molar-refractivity contribution in [3.05, 3.63) is 34.2 Å². The maximum atomic E-state index is 13.6. The fraction of sp³-hybridized carbons (Fsp3) is 0.667. The van der Waals surface area contributed by atoms with Crippen LogP contribution in [0.25, 0.3) is 11.0 Å². The monoisotopic (exact) mass is 510 g/mol. The lowest BCUT2D eigenvalue weighted by Gasteiger charge is -2.32. The van der Waals surface area contributed by atoms with Crippen LogP contribution in [0.15, 0.2) is 23.1 Å². The minimum atomic E-state index is -0.574. The van der Waals surface area contributed by atoms with Gasteiger partial charge < -0.3 is 19.4 Å². The number of nitrogens with zero attached hydrogens (tertiary/aromatic N) is 3. The molecule has 0 bridgehead atoms. The van der Waals surface area contributed by atoms with Gasteiger partial charge in [0.25, 0.3) is 11.5 Å². The maximum absolute atomic E-state index is 13.6. The van der Waals surface area contributed by atoms with Crippen LogP contribution in [0.3, 0.4) is 0 Å². The van der Waals surface area contributed by atoms with Gasteiger partial charge in [0, 0.05) is 49.3 Å². The molecule has 1 N–H and O–H groups in total. The third kappa shape index (κ3) is 5.48. The number of nitrogens with one attached hydrogen (secondary N) is 1. The number of ether oxygens (including phenoxy) is 1. The fourth-order valence-electron chi connectivity index (χ4n) is 5.34. The molecule has 2 saturated heterocycles. The Bertz CT molecular complexity index is 1190. The molecule has 3 aliphatic rings. The molecule has 1 aliphatic carbocycles. The third-order valence-electron chi connectivity index (χ3n) is 8.40. The molecular formula is C27H39BN4O5. The van der Waals surface area contributed by atoms with Crippen molar-refractivity contribution in [2.24, 2.45) is 0 Å². The van der Waals surface area contributed by atoms with Crippen molar-refractivity contribution < 1.29 is 18.8 Å². The molecule has 3 fully saturated rings. The number of aromatic nitrogens is 2. The summed E-state index contributed by atoms with van der Waals surface area (Å²) in [6, 6.07) is 3.74. The van der Waals surface area contributed by atoms with Crippen LogP contribution in [0.1, 0.15) is 70.2 Å². The molecule has 0 aromatic carbocycles. The average molecular weight is 510 g/mol. The Morgan fingerprint density at radius 2 is 1.73 bits per heavy atom. The lowest BCUT2D eigenvalue weighted by molar-refractivity contribution is 0.00578. The SMILES string of the molecule is CC1(C)OB(c2cnc3c(c2)cc(C(=O)NC2CCCCC2)c(=O)n3CCN2CCOCC2)OC1(C)C. The van der Waals surface area contributed by atoms with E-state index in [1.165, 1.54) is 6.42 Å². The number of carbonyl (C=O) groups is 1. The Labute approximate surface area is 219 Å². The summed E-state index contributed by atoms with van der Waals surface area (Å²) in [4.78, 5) is 33.9. The highest BCUT2D eigenvalue weighted by Crippen LogP contribution is 2.36. The molecule has 4 heterocycles. The molecule has 0 spiro atoms. The Morgan fingerprint density at radius 1 is 1.05 bits per heavy atom. The summed E-state index contributed by atoms with van der Waals surface area (Å²) in [7, 11) is -0.574. The van der Waals surface area contributed by atoms with E-state index in [1.807, 2.05) is 33.8 Å². The number of carbonyl (C=O) groups excluding carboxylic acids is 1. The third-order valence-corrected chi connectivity index (χ3v) is 8.40. The summed E-state index contributed by atoms with van der Waals surface area (Å²) in [5.74, 6) is -0.306. The highest BCUT2D eigenvalue weighted by Gasteiger charge is 2.51. The quantitative estimate of drug-likeness (QED) is 0.595. The molecule has 10 heteroatoms. The largest absolute Gasteiger partial charge is 0.496 e. The van der Waals surface area contributed by atoms with E-state index in [4.69, 9.17) is 14.0 Å². The second-order valence-electron chi connectivity index (χ2n) is 11.5. The van der Waals surface area contributed by atoms with E-state index in [9.17, 15) is 9.59 Å². The lowest BCUT2D eigenvalue weighted by Crippen LogP contribution is -2.42. The van der Waals surface area contributed by atoms with Gasteiger partial charge in [0.05, 0.1) is 24.4 Å². The number of rotatable bonds is 6. The molecule has 1 amide bonds. The van der Waals surface area contributed by atoms with Gasteiger partial charge in [-0.25, -0.2) is 4.98 Å². The number of fused-ring (bicyclic) bond motifs is 1. The van der Waals surface area contributed by atoms with Crippen molar-refractivity contribution in [3.8, 4) is 0 Å². The molecule has 2 aromatic rings. The van der Waals surface area contributed by atoms with Gasteiger partial charge in [0.2, 0.25) is 0 Å². The summed E-state index contributed by atoms with van der Waals surface area (Å²) in [6.07, 6.45) is 7.04. The maximum Gasteiger partial charge on any atom is 0.496 e. The summed E-state index contributed by atoms with van der Waals surface area (Å²) >= 11 is 0. The molecule has 0 atom stereocenters. The zero-order valence-electron chi connectivity index (χ0n) is 22.5. The minimum absolute atomic E-state index is 0.118. The second kappa shape index (κ2) is 10.5. The van der Waals surface area contributed by atoms with Crippen molar-refractivity contribution in [3.63, 3.8) is 0 Å². The van der Waals surface area contributed by atoms with E-state index in [1.54, 1.807) is 16.8 Å². The molecule has 5 rings (SSSR count). The van der Waals surface area contributed by atoms with Crippen LogP contribution in [-0.2, 0) is 20.6 Å². The van der Waals surface area contributed by atoms with Crippen molar-refractivity contribution >= 4 is 29.5 Å². The number of hydrogen-bond donors (Lipinski definition) is 1. The smallest absolute Gasteiger partial charge is 0.399 e. The first-order chi connectivity index (χ1) is 17.6. The predicted octanol–water partition coefficient (Wildman–Crippen LogP) is 2.09. The van der Waals surface area contributed by atoms with E-state index >= 15 is 0 Å². The molecule has 2 aromatic heterocycles. The molecular weight excluding hydrogens is 471 g/mol. The summed E-state index contributed by atoms with van der Waals surface area (Å²) < 4.78 is 19.6. The zero-order chi connectivity index (χ0) is 26.2. The first-order valence-corrected chi connectivity index (χ1v) is 13.6. The van der Waals surface area contributed by atoms with Gasteiger partial charge in [-0.15, -0.1) is 0 Å². The molecule has 2 aliphatic heterocycles. The van der Waals surface area contributed by atoms with Crippen molar-refractivity contribution in [1.29, 1.82) is 0 Å². The van der Waals surface area contributed by atoms with Crippen LogP contribution >= 0.6 is 0 Å². The summed E-state index contributed by atoms with van der Waals surface area (Å²) in [6.45, 7) is 12.2. The first kappa shape index (κ1) is 26.3. The van der Waals surface area contributed by atoms with Gasteiger partial charge in [-0.3, -0.25) is 19.1 Å². The Balaban J connectivity index is 1.49. The summed E-state index contributed by atoms with van der Waals surface area (Å²) in [5.41, 5.74) is 0.234. The molecule has 0 unspecified atom stereocenters. The van der Waals surface area contributed by atoms with Gasteiger partial charge in [0.15, 0.2) is 0 Å². The van der Waals surface area contributed by atoms with Crippen LogP contribution in [0.4, 0.5) is 0 Å². The number of hydrogen-bond acceptors (Lipinski definition) is 7. The van der Waals surface area contributed by atoms with Crippen molar-refractivity contribution in [1.82, 2.24) is 19.8 Å². The molecule has 0 radical (unpaired) electrons. The van der Waals surface area contributed by atoms with Gasteiger partial charge in [-0.1, -0.05) is 19.3 Å². The minimum Gasteiger partial charge on any atom is -0.399 e. The normalized spacial score (nSPS) is 22.4. The Hall–Kier alpha value is -2.27. The van der Waals surface area contributed by atoms with Crippen LogP contribution in [0.2, 0.25) is 0 Å². The highest BCUT2D eigenvalue weighted by molar-refractivity contribution is 6.62. The van der Waals surface area contributed by atoms with Gasteiger partial charge in [0.1, 0.15) is 11.2 Å². The fourth-order valence-corrected chi connectivity index (χ4v) is 5.34. The summed E-state index contributed by atoms with van der Waals surface area (Å²) in [5, 5.41) is 3.84. The molecule has 37 heavy (non-hydrogen) atoms. The van der Waals surface area contributed by atoms with Crippen LogP contribution in [0, 0.1) is 0 Å². The lowest BCUT2D eigenvalue weighted by atomic mass is 9.80. The van der Waals surface area contributed by atoms with Crippen LogP contribution in [0.5, 0.6) is 0 Å². The van der Waals surface area contributed by atoms with E-state index in [-0.39, 0.29) is 23.1 Å². The molecule has 200 valence electrons. The van der Waals surface area contributed by atoms with Gasteiger partial charge in [-0.2, -0.15) is 0 Å². The number of amides is 1. The highest BCUT2D eigenvalue weighted by atomic mass is 16.7. The first-order valence-electron chi connectivity index (χ1n) is 13.6. The van der Waals surface area contributed by atoms with Crippen LogP contribution < -0.4 is 16.3 Å². The van der Waals surface area contributed by atoms with Crippen molar-refractivity contribution in [2.45, 2.75) is 83.6 Å². The van der Waals surface area contributed by atoms with Gasteiger partial charge >= 0.3 is 7.12 Å². The average Bonchev–Trinajstić information content (AvgIpc) is 3.10. The van der Waals surface area contributed by atoms with E-state index in [2.05, 4.69) is 15.2 Å². The second-order valence-corrected chi connectivity index (χ2v) is 11.5. The van der Waals surface area contributed by atoms with Crippen LogP contribution in [-0.4, -0.2) is 77.6 Å². The standard InChI is InChI=1S/C27H39BN4O5/c1-26(2)27(3,4)37-28(36-26)20-16-19-17-22(24(33)30-21-8-6-5-7-9-21)25(34)32(23(19)29-18-20)11-10-31-12-14-35-15-13-31/h16-18,21H,5-15H2,1-4H3,(H,30,33). The van der Waals surface area contributed by atoms with E-state index < -0.39 is 18.3 Å². The van der Waals surface area contributed by atoms with E-state index in [0.717, 1.165) is 49.6 Å². The van der Waals surface area contributed by atoms with E-state index in [0.29, 0.717) is 32.0 Å². The number of morpholine rings is 1. The Morgan fingerprint density at radius 3 is 2.41 bits per heavy atom. The number of pyridine rings is 2. The van der Waals surface area contributed by atoms with Crippen molar-refractivity contribution in [2.75, 3.05) is 32.8 Å². The zero-order valence-corrected chi connectivity index (χ0v) is 22.5. The topological polar surface area (TPSA) is 94.9 Å². The Kier molecular flexibility index (Phi) is 7.46. The molecule has 9 nitrogen and oxygen atoms in total. The van der Waals surface area contributed by atoms with Gasteiger partial charge in [-0.05, 0) is 52.7 Å².